The summed E-state index contributed by atoms with van der Waals surface area (Å²) in [6, 6.07) is 2.99. The smallest absolute Gasteiger partial charge is 0.290 e. The van der Waals surface area contributed by atoms with Crippen LogP contribution in [0.15, 0.2) is 18.3 Å². The summed E-state index contributed by atoms with van der Waals surface area (Å²) in [6.07, 6.45) is 3.68. The average Bonchev–Trinajstić information content (AvgIpc) is 2.51. The number of carboxylic acid groups (broad SMARTS) is 1. The van der Waals surface area contributed by atoms with Crippen LogP contribution in [0, 0.1) is 11.7 Å². The predicted molar refractivity (Wildman–Crippen MR) is 77.6 cm³/mol. The van der Waals surface area contributed by atoms with Crippen LogP contribution in [-0.4, -0.2) is 59.4 Å². The van der Waals surface area contributed by atoms with Crippen LogP contribution in [0.3, 0.4) is 0 Å². The van der Waals surface area contributed by atoms with Crippen molar-refractivity contribution in [2.45, 2.75) is 12.8 Å². The summed E-state index contributed by atoms with van der Waals surface area (Å²) in [5.74, 6) is 0.474. The van der Waals surface area contributed by atoms with E-state index in [9.17, 15) is 4.39 Å². The third-order valence-corrected chi connectivity index (χ3v) is 3.44. The van der Waals surface area contributed by atoms with Gasteiger partial charge in [-0.3, -0.25) is 4.79 Å². The van der Waals surface area contributed by atoms with Crippen molar-refractivity contribution in [2.24, 2.45) is 5.92 Å². The maximum Gasteiger partial charge on any atom is 0.290 e. The van der Waals surface area contributed by atoms with E-state index in [-0.39, 0.29) is 12.3 Å². The molecule has 0 spiro atoms. The van der Waals surface area contributed by atoms with E-state index in [1.807, 2.05) is 0 Å². The molecular formula is C14H22FN3O3. The SMILES string of the molecule is O=CO.OCC1CCN(CCNc2ncccc2F)CC1. The Labute approximate surface area is 123 Å². The van der Waals surface area contributed by atoms with Crippen molar-refractivity contribution in [3.63, 3.8) is 0 Å². The minimum Gasteiger partial charge on any atom is -0.483 e. The molecule has 0 aromatic carbocycles. The van der Waals surface area contributed by atoms with Crippen LogP contribution in [0.4, 0.5) is 10.2 Å². The Hall–Kier alpha value is -1.73. The van der Waals surface area contributed by atoms with Gasteiger partial charge < -0.3 is 20.4 Å². The number of hydrogen-bond acceptors (Lipinski definition) is 5. The standard InChI is InChI=1S/C13H20FN3O.CH2O2/c14-12-2-1-5-15-13(12)16-6-9-17-7-3-11(10-18)4-8-17;2-1-3/h1-2,5,11,18H,3-4,6-10H2,(H,15,16);1H,(H,2,3). The Morgan fingerprint density at radius 1 is 1.48 bits per heavy atom. The van der Waals surface area contributed by atoms with E-state index in [1.165, 1.54) is 6.07 Å². The molecule has 0 saturated carbocycles. The van der Waals surface area contributed by atoms with Gasteiger partial charge in [0.2, 0.25) is 0 Å². The molecule has 1 aliphatic rings. The number of rotatable bonds is 5. The van der Waals surface area contributed by atoms with E-state index < -0.39 is 0 Å². The lowest BCUT2D eigenvalue weighted by molar-refractivity contribution is -0.122. The highest BCUT2D eigenvalue weighted by atomic mass is 19.1. The number of anilines is 1. The van der Waals surface area contributed by atoms with Crippen molar-refractivity contribution in [3.05, 3.63) is 24.1 Å². The summed E-state index contributed by atoms with van der Waals surface area (Å²) >= 11 is 0. The predicted octanol–water partition coefficient (Wildman–Crippen LogP) is 1.04. The molecule has 118 valence electrons. The second-order valence-corrected chi connectivity index (χ2v) is 4.83. The molecule has 6 nitrogen and oxygen atoms in total. The topological polar surface area (TPSA) is 85.7 Å². The van der Waals surface area contributed by atoms with Crippen molar-refractivity contribution in [1.29, 1.82) is 0 Å². The first-order valence-corrected chi connectivity index (χ1v) is 6.96. The summed E-state index contributed by atoms with van der Waals surface area (Å²) in [4.78, 5) is 14.6. The van der Waals surface area contributed by atoms with E-state index in [0.717, 1.165) is 32.5 Å². The maximum atomic E-state index is 13.3. The largest absolute Gasteiger partial charge is 0.483 e. The molecule has 3 N–H and O–H groups in total. The first-order chi connectivity index (χ1) is 10.2. The van der Waals surface area contributed by atoms with Crippen molar-refractivity contribution in [3.8, 4) is 0 Å². The second-order valence-electron chi connectivity index (χ2n) is 4.83. The zero-order chi connectivity index (χ0) is 15.5. The van der Waals surface area contributed by atoms with Crippen LogP contribution in [0.25, 0.3) is 0 Å². The number of nitrogens with one attached hydrogen (secondary N) is 1. The maximum absolute atomic E-state index is 13.3. The van der Waals surface area contributed by atoms with Gasteiger partial charge in [0.05, 0.1) is 0 Å². The van der Waals surface area contributed by atoms with Crippen LogP contribution in [-0.2, 0) is 4.79 Å². The lowest BCUT2D eigenvalue weighted by Gasteiger charge is -2.30. The Morgan fingerprint density at radius 3 is 2.71 bits per heavy atom. The fourth-order valence-corrected chi connectivity index (χ4v) is 2.24. The molecule has 2 rings (SSSR count). The summed E-state index contributed by atoms with van der Waals surface area (Å²) in [5, 5.41) is 18.9. The number of aliphatic hydroxyl groups excluding tert-OH is 1. The van der Waals surface area contributed by atoms with E-state index in [0.29, 0.717) is 24.9 Å². The molecule has 1 aliphatic heterocycles. The molecule has 1 fully saturated rings. The number of halogens is 1. The highest BCUT2D eigenvalue weighted by Gasteiger charge is 2.17. The second kappa shape index (κ2) is 10.1. The first kappa shape index (κ1) is 17.3. The van der Waals surface area contributed by atoms with Crippen molar-refractivity contribution >= 4 is 12.3 Å². The van der Waals surface area contributed by atoms with E-state index in [2.05, 4.69) is 15.2 Å². The number of aliphatic hydroxyl groups is 1. The fourth-order valence-electron chi connectivity index (χ4n) is 2.24. The number of pyridine rings is 1. The number of piperidine rings is 1. The molecule has 0 bridgehead atoms. The third kappa shape index (κ3) is 6.50. The molecule has 1 aromatic heterocycles. The van der Waals surface area contributed by atoms with Crippen LogP contribution < -0.4 is 5.32 Å². The van der Waals surface area contributed by atoms with Gasteiger partial charge in [-0.2, -0.15) is 0 Å². The Morgan fingerprint density at radius 2 is 2.14 bits per heavy atom. The van der Waals surface area contributed by atoms with Gasteiger partial charge in [-0.05, 0) is 44.0 Å². The van der Waals surface area contributed by atoms with E-state index in [1.54, 1.807) is 12.3 Å². The monoisotopic (exact) mass is 299 g/mol. The van der Waals surface area contributed by atoms with Gasteiger partial charge in [0.25, 0.3) is 6.47 Å². The van der Waals surface area contributed by atoms with Crippen molar-refractivity contribution < 1.29 is 19.4 Å². The van der Waals surface area contributed by atoms with Crippen LogP contribution >= 0.6 is 0 Å². The quantitative estimate of drug-likeness (QED) is 0.704. The van der Waals surface area contributed by atoms with Gasteiger partial charge in [0, 0.05) is 25.9 Å². The molecule has 21 heavy (non-hydrogen) atoms. The number of carbonyl (C=O) groups is 1. The molecular weight excluding hydrogens is 277 g/mol. The van der Waals surface area contributed by atoms with Crippen LogP contribution in [0.1, 0.15) is 12.8 Å². The normalized spacial score (nSPS) is 15.9. The highest BCUT2D eigenvalue weighted by molar-refractivity contribution is 5.35. The van der Waals surface area contributed by atoms with Gasteiger partial charge in [0.1, 0.15) is 0 Å². The number of likely N-dealkylation sites (tertiary alicyclic amines) is 1. The average molecular weight is 299 g/mol. The van der Waals surface area contributed by atoms with Gasteiger partial charge in [-0.15, -0.1) is 0 Å². The number of aromatic nitrogens is 1. The first-order valence-electron chi connectivity index (χ1n) is 6.96. The van der Waals surface area contributed by atoms with Gasteiger partial charge in [0.15, 0.2) is 11.6 Å². The number of nitrogens with zero attached hydrogens (tertiary/aromatic N) is 2. The Balaban J connectivity index is 0.000000677. The van der Waals surface area contributed by atoms with Gasteiger partial charge in [-0.25, -0.2) is 9.37 Å². The molecule has 0 amide bonds. The summed E-state index contributed by atoms with van der Waals surface area (Å²) in [7, 11) is 0. The molecule has 2 heterocycles. The molecule has 0 aliphatic carbocycles. The van der Waals surface area contributed by atoms with Crippen LogP contribution in [0.5, 0.6) is 0 Å². The van der Waals surface area contributed by atoms with Crippen molar-refractivity contribution in [2.75, 3.05) is 38.1 Å². The third-order valence-electron chi connectivity index (χ3n) is 3.44. The Kier molecular flexibility index (Phi) is 8.30. The Bertz CT molecular complexity index is 412. The molecule has 0 radical (unpaired) electrons. The fraction of sp³-hybridized carbons (Fsp3) is 0.571. The molecule has 7 heteroatoms. The molecule has 0 unspecified atom stereocenters. The van der Waals surface area contributed by atoms with Gasteiger partial charge in [-0.1, -0.05) is 0 Å². The van der Waals surface area contributed by atoms with Crippen LogP contribution in [0.2, 0.25) is 0 Å². The zero-order valence-electron chi connectivity index (χ0n) is 11.9. The lowest BCUT2D eigenvalue weighted by Crippen LogP contribution is -2.37. The van der Waals surface area contributed by atoms with E-state index in [4.69, 9.17) is 15.0 Å². The molecule has 1 aromatic rings. The van der Waals surface area contributed by atoms with E-state index >= 15 is 0 Å². The molecule has 1 saturated heterocycles. The van der Waals surface area contributed by atoms with Crippen molar-refractivity contribution in [1.82, 2.24) is 9.88 Å². The summed E-state index contributed by atoms with van der Waals surface area (Å²) < 4.78 is 13.3. The van der Waals surface area contributed by atoms with Gasteiger partial charge >= 0.3 is 0 Å². The minimum absolute atomic E-state index is 0.250. The highest BCUT2D eigenvalue weighted by Crippen LogP contribution is 2.16. The summed E-state index contributed by atoms with van der Waals surface area (Å²) in [5.41, 5.74) is 0. The number of hydrogen-bond donors (Lipinski definition) is 3. The zero-order valence-corrected chi connectivity index (χ0v) is 11.9. The summed E-state index contributed by atoms with van der Waals surface area (Å²) in [6.45, 7) is 3.65. The molecule has 0 atom stereocenters. The minimum atomic E-state index is -0.309. The lowest BCUT2D eigenvalue weighted by atomic mass is 9.98.